The van der Waals surface area contributed by atoms with Crippen LogP contribution >= 0.6 is 0 Å². The topological polar surface area (TPSA) is 91.4 Å². The molecule has 0 aromatic carbocycles. The van der Waals surface area contributed by atoms with Crippen LogP contribution in [-0.2, 0) is 9.59 Å². The van der Waals surface area contributed by atoms with Gasteiger partial charge in [-0.3, -0.25) is 19.7 Å². The molecule has 1 aromatic rings. The van der Waals surface area contributed by atoms with Crippen molar-refractivity contribution in [2.75, 3.05) is 18.4 Å². The normalized spacial score (nSPS) is 17.4. The van der Waals surface area contributed by atoms with Gasteiger partial charge in [-0.05, 0) is 32.9 Å². The molecule has 2 N–H and O–H groups in total. The number of hydrogen-bond acceptors (Lipinski definition) is 5. The SMILES string of the molecule is CCNc1ccc(C(=O)N2CC(=O)NC(=O)C2(C)C)cn1. The Labute approximate surface area is 122 Å². The molecule has 7 heteroatoms. The summed E-state index contributed by atoms with van der Waals surface area (Å²) in [6, 6.07) is 3.32. The molecule has 0 radical (unpaired) electrons. The van der Waals surface area contributed by atoms with Gasteiger partial charge in [0, 0.05) is 12.7 Å². The zero-order chi connectivity index (χ0) is 15.6. The van der Waals surface area contributed by atoms with Gasteiger partial charge in [-0.15, -0.1) is 0 Å². The first-order valence-electron chi connectivity index (χ1n) is 6.72. The first-order chi connectivity index (χ1) is 9.86. The number of hydrogen-bond donors (Lipinski definition) is 2. The standard InChI is InChI=1S/C14H18N4O3/c1-4-15-10-6-5-9(7-16-10)12(20)18-8-11(19)17-13(21)14(18,2)3/h5-7H,4,8H2,1-3H3,(H,15,16)(H,17,19,21). The minimum atomic E-state index is -1.08. The van der Waals surface area contributed by atoms with Gasteiger partial charge in [-0.25, -0.2) is 4.98 Å². The van der Waals surface area contributed by atoms with Crippen molar-refractivity contribution >= 4 is 23.5 Å². The highest BCUT2D eigenvalue weighted by Gasteiger charge is 2.43. The smallest absolute Gasteiger partial charge is 0.256 e. The number of pyridine rings is 1. The van der Waals surface area contributed by atoms with Crippen LogP contribution in [0.2, 0.25) is 0 Å². The van der Waals surface area contributed by atoms with Crippen LogP contribution in [0.25, 0.3) is 0 Å². The number of imide groups is 1. The van der Waals surface area contributed by atoms with Crippen molar-refractivity contribution in [2.24, 2.45) is 0 Å². The molecule has 1 aliphatic rings. The number of anilines is 1. The number of carbonyl (C=O) groups is 3. The number of nitrogens with one attached hydrogen (secondary N) is 2. The van der Waals surface area contributed by atoms with E-state index in [1.807, 2.05) is 6.92 Å². The molecule has 0 saturated carbocycles. The van der Waals surface area contributed by atoms with Gasteiger partial charge in [0.25, 0.3) is 11.8 Å². The Hall–Kier alpha value is -2.44. The molecule has 0 atom stereocenters. The molecule has 1 fully saturated rings. The first kappa shape index (κ1) is 15.0. The van der Waals surface area contributed by atoms with Crippen molar-refractivity contribution in [3.05, 3.63) is 23.9 Å². The fourth-order valence-corrected chi connectivity index (χ4v) is 2.07. The summed E-state index contributed by atoms with van der Waals surface area (Å²) in [6.07, 6.45) is 1.44. The Morgan fingerprint density at radius 3 is 2.71 bits per heavy atom. The second-order valence-electron chi connectivity index (χ2n) is 5.29. The van der Waals surface area contributed by atoms with Crippen molar-refractivity contribution in [2.45, 2.75) is 26.3 Å². The molecular formula is C14H18N4O3. The van der Waals surface area contributed by atoms with Crippen LogP contribution < -0.4 is 10.6 Å². The number of nitrogens with zero attached hydrogens (tertiary/aromatic N) is 2. The van der Waals surface area contributed by atoms with Crippen molar-refractivity contribution in [1.29, 1.82) is 0 Å². The quantitative estimate of drug-likeness (QED) is 0.786. The maximum absolute atomic E-state index is 12.5. The van der Waals surface area contributed by atoms with E-state index in [1.165, 1.54) is 11.1 Å². The van der Waals surface area contributed by atoms with Gasteiger partial charge in [0.05, 0.1) is 5.56 Å². The van der Waals surface area contributed by atoms with Gasteiger partial charge in [0.1, 0.15) is 17.9 Å². The summed E-state index contributed by atoms with van der Waals surface area (Å²) < 4.78 is 0. The number of aromatic nitrogens is 1. The van der Waals surface area contributed by atoms with E-state index >= 15 is 0 Å². The van der Waals surface area contributed by atoms with Gasteiger partial charge in [-0.1, -0.05) is 0 Å². The summed E-state index contributed by atoms with van der Waals surface area (Å²) in [7, 11) is 0. The van der Waals surface area contributed by atoms with Gasteiger partial charge >= 0.3 is 0 Å². The number of rotatable bonds is 3. The fourth-order valence-electron chi connectivity index (χ4n) is 2.07. The van der Waals surface area contributed by atoms with Gasteiger partial charge < -0.3 is 10.2 Å². The molecule has 0 spiro atoms. The highest BCUT2D eigenvalue weighted by molar-refractivity contribution is 6.08. The molecule has 2 heterocycles. The Morgan fingerprint density at radius 1 is 1.43 bits per heavy atom. The monoisotopic (exact) mass is 290 g/mol. The third kappa shape index (κ3) is 2.86. The lowest BCUT2D eigenvalue weighted by Gasteiger charge is -2.40. The second-order valence-corrected chi connectivity index (χ2v) is 5.29. The van der Waals surface area contributed by atoms with Crippen molar-refractivity contribution in [3.63, 3.8) is 0 Å². The van der Waals surface area contributed by atoms with E-state index in [-0.39, 0.29) is 6.54 Å². The average molecular weight is 290 g/mol. The highest BCUT2D eigenvalue weighted by Crippen LogP contribution is 2.21. The molecule has 112 valence electrons. The maximum Gasteiger partial charge on any atom is 0.256 e. The number of piperazine rings is 1. The Morgan fingerprint density at radius 2 is 2.14 bits per heavy atom. The Balaban J connectivity index is 2.25. The summed E-state index contributed by atoms with van der Waals surface area (Å²) in [5, 5.41) is 5.26. The number of amides is 3. The molecule has 0 bridgehead atoms. The molecule has 1 aliphatic heterocycles. The van der Waals surface area contributed by atoms with E-state index in [4.69, 9.17) is 0 Å². The first-order valence-corrected chi connectivity index (χ1v) is 6.72. The molecule has 1 aromatic heterocycles. The third-order valence-electron chi connectivity index (χ3n) is 3.40. The lowest BCUT2D eigenvalue weighted by atomic mass is 9.97. The van der Waals surface area contributed by atoms with Gasteiger partial charge in [0.2, 0.25) is 5.91 Å². The lowest BCUT2D eigenvalue weighted by molar-refractivity contribution is -0.143. The van der Waals surface area contributed by atoms with Crippen LogP contribution in [0.1, 0.15) is 31.1 Å². The van der Waals surface area contributed by atoms with Crippen molar-refractivity contribution in [3.8, 4) is 0 Å². The van der Waals surface area contributed by atoms with Crippen LogP contribution in [0, 0.1) is 0 Å². The average Bonchev–Trinajstić information content (AvgIpc) is 2.44. The van der Waals surface area contributed by atoms with E-state index in [2.05, 4.69) is 15.6 Å². The molecule has 7 nitrogen and oxygen atoms in total. The fraction of sp³-hybridized carbons (Fsp3) is 0.429. The molecule has 0 aliphatic carbocycles. The van der Waals surface area contributed by atoms with E-state index in [0.29, 0.717) is 11.4 Å². The van der Waals surface area contributed by atoms with Gasteiger partial charge in [0.15, 0.2) is 0 Å². The number of carbonyl (C=O) groups excluding carboxylic acids is 3. The summed E-state index contributed by atoms with van der Waals surface area (Å²) >= 11 is 0. The van der Waals surface area contributed by atoms with E-state index in [9.17, 15) is 14.4 Å². The van der Waals surface area contributed by atoms with Crippen LogP contribution in [0.3, 0.4) is 0 Å². The van der Waals surface area contributed by atoms with Crippen molar-refractivity contribution in [1.82, 2.24) is 15.2 Å². The molecule has 3 amide bonds. The predicted molar refractivity (Wildman–Crippen MR) is 76.7 cm³/mol. The maximum atomic E-state index is 12.5. The van der Waals surface area contributed by atoms with Crippen LogP contribution in [0.5, 0.6) is 0 Å². The zero-order valence-corrected chi connectivity index (χ0v) is 12.3. The molecular weight excluding hydrogens is 272 g/mol. The molecule has 2 rings (SSSR count). The van der Waals surface area contributed by atoms with Crippen LogP contribution in [0.15, 0.2) is 18.3 Å². The van der Waals surface area contributed by atoms with Crippen LogP contribution in [-0.4, -0.2) is 46.2 Å². The zero-order valence-electron chi connectivity index (χ0n) is 12.3. The van der Waals surface area contributed by atoms with Gasteiger partial charge in [-0.2, -0.15) is 0 Å². The Bertz CT molecular complexity index is 580. The van der Waals surface area contributed by atoms with Crippen molar-refractivity contribution < 1.29 is 14.4 Å². The molecule has 21 heavy (non-hydrogen) atoms. The summed E-state index contributed by atoms with van der Waals surface area (Å²) in [6.45, 7) is 5.74. The second kappa shape index (κ2) is 5.51. The minimum absolute atomic E-state index is 0.146. The predicted octanol–water partition coefficient (Wildman–Crippen LogP) is 0.391. The summed E-state index contributed by atoms with van der Waals surface area (Å²) in [4.78, 5) is 41.3. The summed E-state index contributed by atoms with van der Waals surface area (Å²) in [5.41, 5.74) is -0.738. The third-order valence-corrected chi connectivity index (χ3v) is 3.40. The largest absolute Gasteiger partial charge is 0.370 e. The van der Waals surface area contributed by atoms with E-state index in [0.717, 1.165) is 6.54 Å². The molecule has 0 unspecified atom stereocenters. The van der Waals surface area contributed by atoms with E-state index < -0.39 is 23.3 Å². The van der Waals surface area contributed by atoms with Crippen LogP contribution in [0.4, 0.5) is 5.82 Å². The van der Waals surface area contributed by atoms with E-state index in [1.54, 1.807) is 26.0 Å². The molecule has 1 saturated heterocycles. The highest BCUT2D eigenvalue weighted by atomic mass is 16.2. The minimum Gasteiger partial charge on any atom is -0.370 e. The summed E-state index contributed by atoms with van der Waals surface area (Å²) in [5.74, 6) is -0.686. The Kier molecular flexibility index (Phi) is 3.93. The lowest BCUT2D eigenvalue weighted by Crippen LogP contribution is -2.65.